The Morgan fingerprint density at radius 3 is 2.50 bits per heavy atom. The fourth-order valence-electron chi connectivity index (χ4n) is 1.61. The first-order valence-corrected chi connectivity index (χ1v) is 9.42. The van der Waals surface area contributed by atoms with Gasteiger partial charge in [0.2, 0.25) is 0 Å². The lowest BCUT2D eigenvalue weighted by atomic mass is 10.2. The van der Waals surface area contributed by atoms with E-state index in [1.54, 1.807) is 30.1 Å². The van der Waals surface area contributed by atoms with Gasteiger partial charge in [0.1, 0.15) is 0 Å². The van der Waals surface area contributed by atoms with Crippen molar-refractivity contribution in [1.29, 1.82) is 0 Å². The van der Waals surface area contributed by atoms with E-state index >= 15 is 0 Å². The lowest BCUT2D eigenvalue weighted by Crippen LogP contribution is -2.34. The third-order valence-electron chi connectivity index (χ3n) is 2.56. The summed E-state index contributed by atoms with van der Waals surface area (Å²) < 4.78 is 26.8. The monoisotopic (exact) mass is 317 g/mol. The highest BCUT2D eigenvalue weighted by molar-refractivity contribution is 7.98. The van der Waals surface area contributed by atoms with Gasteiger partial charge in [0.25, 0.3) is 10.0 Å². The SMILES string of the molecule is CSCC(C)NS(=O)(=O)c1ccc(CNC(C)C)cn1. The van der Waals surface area contributed by atoms with Gasteiger partial charge in [0.05, 0.1) is 0 Å². The van der Waals surface area contributed by atoms with Crippen LogP contribution in [0, 0.1) is 0 Å². The maximum Gasteiger partial charge on any atom is 0.258 e. The fourth-order valence-corrected chi connectivity index (χ4v) is 3.47. The minimum Gasteiger partial charge on any atom is -0.310 e. The molecule has 7 heteroatoms. The molecule has 1 heterocycles. The molecular formula is C13H23N3O2S2. The summed E-state index contributed by atoms with van der Waals surface area (Å²) in [5.74, 6) is 0.732. The van der Waals surface area contributed by atoms with Gasteiger partial charge >= 0.3 is 0 Å². The summed E-state index contributed by atoms with van der Waals surface area (Å²) in [6.07, 6.45) is 3.54. The lowest BCUT2D eigenvalue weighted by molar-refractivity contribution is 0.566. The molecule has 5 nitrogen and oxygen atoms in total. The predicted octanol–water partition coefficient (Wildman–Crippen LogP) is 1.61. The van der Waals surface area contributed by atoms with Gasteiger partial charge in [0, 0.05) is 30.6 Å². The van der Waals surface area contributed by atoms with Crippen LogP contribution in [0.4, 0.5) is 0 Å². The Hall–Kier alpha value is -0.630. The van der Waals surface area contributed by atoms with Gasteiger partial charge in [0.15, 0.2) is 5.03 Å². The third kappa shape index (κ3) is 5.78. The van der Waals surface area contributed by atoms with Crippen molar-refractivity contribution in [3.63, 3.8) is 0 Å². The Balaban J connectivity index is 2.71. The van der Waals surface area contributed by atoms with Crippen LogP contribution >= 0.6 is 11.8 Å². The van der Waals surface area contributed by atoms with Crippen molar-refractivity contribution >= 4 is 21.8 Å². The molecule has 0 spiro atoms. The minimum absolute atomic E-state index is 0.0683. The van der Waals surface area contributed by atoms with E-state index in [1.807, 2.05) is 13.2 Å². The average Bonchev–Trinajstić information content (AvgIpc) is 2.36. The standard InChI is InChI=1S/C13H23N3O2S2/c1-10(2)14-7-12-5-6-13(15-8-12)20(17,18)16-11(3)9-19-4/h5-6,8,10-11,14,16H,7,9H2,1-4H3. The molecule has 0 saturated carbocycles. The van der Waals surface area contributed by atoms with E-state index in [-0.39, 0.29) is 11.1 Å². The van der Waals surface area contributed by atoms with Crippen LogP contribution in [0.3, 0.4) is 0 Å². The zero-order chi connectivity index (χ0) is 15.2. The van der Waals surface area contributed by atoms with Crippen LogP contribution in [0.25, 0.3) is 0 Å². The van der Waals surface area contributed by atoms with Crippen molar-refractivity contribution in [3.05, 3.63) is 23.9 Å². The Bertz CT molecular complexity index is 501. The second kappa shape index (κ2) is 7.97. The number of hydrogen-bond acceptors (Lipinski definition) is 5. The van der Waals surface area contributed by atoms with E-state index in [0.717, 1.165) is 11.3 Å². The maximum absolute atomic E-state index is 12.1. The molecule has 0 aliphatic heterocycles. The molecule has 0 aliphatic carbocycles. The van der Waals surface area contributed by atoms with Gasteiger partial charge in [-0.3, -0.25) is 0 Å². The molecule has 1 atom stereocenters. The van der Waals surface area contributed by atoms with Gasteiger partial charge in [-0.1, -0.05) is 19.9 Å². The lowest BCUT2D eigenvalue weighted by Gasteiger charge is -2.13. The summed E-state index contributed by atoms with van der Waals surface area (Å²) in [4.78, 5) is 4.04. The van der Waals surface area contributed by atoms with Crippen LogP contribution in [0.1, 0.15) is 26.3 Å². The summed E-state index contributed by atoms with van der Waals surface area (Å²) in [7, 11) is -3.52. The number of nitrogens with one attached hydrogen (secondary N) is 2. The van der Waals surface area contributed by atoms with Crippen LogP contribution in [0.5, 0.6) is 0 Å². The summed E-state index contributed by atoms with van der Waals surface area (Å²) in [6.45, 7) is 6.64. The largest absolute Gasteiger partial charge is 0.310 e. The first-order valence-electron chi connectivity index (χ1n) is 6.54. The summed E-state index contributed by atoms with van der Waals surface area (Å²) >= 11 is 1.60. The third-order valence-corrected chi connectivity index (χ3v) is 4.90. The molecule has 114 valence electrons. The highest BCUT2D eigenvalue weighted by Gasteiger charge is 2.18. The van der Waals surface area contributed by atoms with Gasteiger partial charge in [-0.15, -0.1) is 0 Å². The quantitative estimate of drug-likeness (QED) is 0.762. The van der Waals surface area contributed by atoms with E-state index in [1.165, 1.54) is 0 Å². The van der Waals surface area contributed by atoms with E-state index in [0.29, 0.717) is 12.6 Å². The molecule has 0 aromatic carbocycles. The Morgan fingerprint density at radius 2 is 2.00 bits per heavy atom. The zero-order valence-electron chi connectivity index (χ0n) is 12.4. The molecule has 20 heavy (non-hydrogen) atoms. The van der Waals surface area contributed by atoms with Crippen molar-refractivity contribution in [2.75, 3.05) is 12.0 Å². The molecule has 1 rings (SSSR count). The van der Waals surface area contributed by atoms with Gasteiger partial charge in [-0.2, -0.15) is 11.8 Å². The van der Waals surface area contributed by atoms with Crippen molar-refractivity contribution in [2.24, 2.45) is 0 Å². The Labute approximate surface area is 126 Å². The molecule has 0 amide bonds. The molecule has 0 aliphatic rings. The first kappa shape index (κ1) is 17.4. The fraction of sp³-hybridized carbons (Fsp3) is 0.615. The summed E-state index contributed by atoms with van der Waals surface area (Å²) in [5.41, 5.74) is 0.967. The molecular weight excluding hydrogens is 294 g/mol. The van der Waals surface area contributed by atoms with Gasteiger partial charge in [-0.25, -0.2) is 18.1 Å². The number of pyridine rings is 1. The van der Waals surface area contributed by atoms with E-state index in [4.69, 9.17) is 0 Å². The van der Waals surface area contributed by atoms with Crippen molar-refractivity contribution in [1.82, 2.24) is 15.0 Å². The molecule has 1 aromatic heterocycles. The van der Waals surface area contributed by atoms with Crippen LogP contribution in [0.15, 0.2) is 23.4 Å². The Kier molecular flexibility index (Phi) is 6.94. The second-order valence-electron chi connectivity index (χ2n) is 5.02. The molecule has 1 unspecified atom stereocenters. The highest BCUT2D eigenvalue weighted by Crippen LogP contribution is 2.08. The normalized spacial score (nSPS) is 13.7. The van der Waals surface area contributed by atoms with Gasteiger partial charge in [-0.05, 0) is 24.8 Å². The number of sulfonamides is 1. The van der Waals surface area contributed by atoms with Crippen molar-refractivity contribution in [3.8, 4) is 0 Å². The highest BCUT2D eigenvalue weighted by atomic mass is 32.2. The van der Waals surface area contributed by atoms with Crippen LogP contribution < -0.4 is 10.0 Å². The number of aromatic nitrogens is 1. The Morgan fingerprint density at radius 1 is 1.30 bits per heavy atom. The molecule has 2 N–H and O–H groups in total. The molecule has 1 aromatic rings. The summed E-state index contributed by atoms with van der Waals surface area (Å²) in [5, 5.41) is 3.33. The predicted molar refractivity (Wildman–Crippen MR) is 84.4 cm³/mol. The van der Waals surface area contributed by atoms with Crippen LogP contribution in [-0.2, 0) is 16.6 Å². The molecule has 0 saturated heterocycles. The molecule has 0 bridgehead atoms. The number of hydrogen-bond donors (Lipinski definition) is 2. The average molecular weight is 317 g/mol. The number of thioether (sulfide) groups is 1. The topological polar surface area (TPSA) is 71.1 Å². The smallest absolute Gasteiger partial charge is 0.258 e. The minimum atomic E-state index is -3.52. The van der Waals surface area contributed by atoms with E-state index in [9.17, 15) is 8.42 Å². The molecule has 0 radical (unpaired) electrons. The van der Waals surface area contributed by atoms with Gasteiger partial charge < -0.3 is 5.32 Å². The number of nitrogens with zero attached hydrogens (tertiary/aromatic N) is 1. The molecule has 0 fully saturated rings. The second-order valence-corrected chi connectivity index (χ2v) is 7.59. The maximum atomic E-state index is 12.1. The summed E-state index contributed by atoms with van der Waals surface area (Å²) in [6, 6.07) is 3.60. The van der Waals surface area contributed by atoms with E-state index < -0.39 is 10.0 Å². The zero-order valence-corrected chi connectivity index (χ0v) is 14.0. The van der Waals surface area contributed by atoms with Crippen molar-refractivity contribution < 1.29 is 8.42 Å². The van der Waals surface area contributed by atoms with Crippen molar-refractivity contribution in [2.45, 2.75) is 44.4 Å². The number of rotatable bonds is 8. The van der Waals surface area contributed by atoms with Crippen LogP contribution in [-0.4, -0.2) is 37.5 Å². The van der Waals surface area contributed by atoms with Crippen LogP contribution in [0.2, 0.25) is 0 Å². The first-order chi connectivity index (χ1) is 9.35. The van der Waals surface area contributed by atoms with E-state index in [2.05, 4.69) is 28.9 Å².